The van der Waals surface area contributed by atoms with Crippen LogP contribution in [0, 0.1) is 6.07 Å². The van der Waals surface area contributed by atoms with Crippen molar-refractivity contribution in [1.29, 1.82) is 0 Å². The normalized spacial score (nSPS) is 9.67. The second-order valence-corrected chi connectivity index (χ2v) is 3.12. The zero-order valence-corrected chi connectivity index (χ0v) is 8.53. The summed E-state index contributed by atoms with van der Waals surface area (Å²) in [6.07, 6.45) is 0. The topological polar surface area (TPSA) is 21.3 Å². The average Bonchev–Trinajstić information content (AvgIpc) is 2.31. The highest BCUT2D eigenvalue weighted by Gasteiger charge is 2.00. The lowest BCUT2D eigenvalue weighted by atomic mass is 10.2. The third-order valence-corrected chi connectivity index (χ3v) is 2.10. The molecule has 0 spiro atoms. The summed E-state index contributed by atoms with van der Waals surface area (Å²) < 4.78 is 5.24. The molecule has 0 atom stereocenters. The molecule has 2 heteroatoms. The van der Waals surface area contributed by atoms with Gasteiger partial charge in [0.25, 0.3) is 0 Å². The molecule has 0 saturated carbocycles. The number of methoxy groups -OCH3 is 1. The van der Waals surface area contributed by atoms with E-state index in [1.807, 2.05) is 48.5 Å². The summed E-state index contributed by atoms with van der Waals surface area (Å²) in [5.41, 5.74) is 1.96. The van der Waals surface area contributed by atoms with Gasteiger partial charge in [-0.2, -0.15) is 0 Å². The molecular weight excluding hydrogens is 186 g/mol. The fourth-order valence-corrected chi connectivity index (χ4v) is 1.37. The summed E-state index contributed by atoms with van der Waals surface area (Å²) in [5.74, 6) is 0.817. The van der Waals surface area contributed by atoms with Crippen LogP contribution in [0.15, 0.2) is 48.5 Å². The van der Waals surface area contributed by atoms with Crippen molar-refractivity contribution in [1.82, 2.24) is 0 Å². The lowest BCUT2D eigenvalue weighted by molar-refractivity contribution is 0.417. The molecule has 1 N–H and O–H groups in total. The number of benzene rings is 2. The number of ether oxygens (including phenoxy) is 1. The third kappa shape index (κ3) is 2.29. The van der Waals surface area contributed by atoms with Crippen molar-refractivity contribution in [3.8, 4) is 5.75 Å². The van der Waals surface area contributed by atoms with Gasteiger partial charge in [-0.3, -0.25) is 0 Å². The van der Waals surface area contributed by atoms with Crippen LogP contribution >= 0.6 is 0 Å². The molecule has 0 bridgehead atoms. The maximum atomic E-state index is 5.24. The predicted octanol–water partition coefficient (Wildman–Crippen LogP) is 3.24. The molecule has 75 valence electrons. The van der Waals surface area contributed by atoms with Gasteiger partial charge in [-0.05, 0) is 30.3 Å². The first kappa shape index (κ1) is 9.59. The number of nitrogens with one attached hydrogen (secondary N) is 1. The van der Waals surface area contributed by atoms with Crippen molar-refractivity contribution >= 4 is 11.4 Å². The van der Waals surface area contributed by atoms with Gasteiger partial charge < -0.3 is 10.1 Å². The summed E-state index contributed by atoms with van der Waals surface area (Å²) in [7, 11) is 1.66. The first-order valence-electron chi connectivity index (χ1n) is 4.76. The minimum atomic E-state index is 0.817. The van der Waals surface area contributed by atoms with Crippen LogP contribution in [0.2, 0.25) is 0 Å². The Hall–Kier alpha value is -1.96. The van der Waals surface area contributed by atoms with E-state index >= 15 is 0 Å². The highest BCUT2D eigenvalue weighted by atomic mass is 16.5. The summed E-state index contributed by atoms with van der Waals surface area (Å²) in [4.78, 5) is 0. The van der Waals surface area contributed by atoms with Crippen LogP contribution in [0.3, 0.4) is 0 Å². The van der Waals surface area contributed by atoms with Crippen LogP contribution in [0.4, 0.5) is 11.4 Å². The lowest BCUT2D eigenvalue weighted by Gasteiger charge is -2.10. The van der Waals surface area contributed by atoms with Crippen LogP contribution in [-0.4, -0.2) is 7.11 Å². The van der Waals surface area contributed by atoms with Gasteiger partial charge in [0, 0.05) is 5.69 Å². The second kappa shape index (κ2) is 4.51. The Bertz CT molecular complexity index is 426. The van der Waals surface area contributed by atoms with Crippen LogP contribution < -0.4 is 10.1 Å². The van der Waals surface area contributed by atoms with E-state index in [0.29, 0.717) is 0 Å². The molecule has 0 fully saturated rings. The predicted molar refractivity (Wildman–Crippen MR) is 61.6 cm³/mol. The van der Waals surface area contributed by atoms with Gasteiger partial charge in [-0.1, -0.05) is 24.3 Å². The average molecular weight is 198 g/mol. The molecule has 0 saturated heterocycles. The standard InChI is InChI=1S/C13H12NO/c1-15-13-10-6-5-9-12(13)14-11-7-3-2-4-8-11/h2-4,6-10,14H,1H3. The Morgan fingerprint density at radius 2 is 1.93 bits per heavy atom. The van der Waals surface area contributed by atoms with Crippen molar-refractivity contribution in [2.75, 3.05) is 12.4 Å². The van der Waals surface area contributed by atoms with Gasteiger partial charge in [-0.15, -0.1) is 0 Å². The SMILES string of the molecule is COc1cc[c]cc1Nc1ccccc1. The number of hydrogen-bond acceptors (Lipinski definition) is 2. The Morgan fingerprint density at radius 3 is 2.67 bits per heavy atom. The summed E-state index contributed by atoms with van der Waals surface area (Å²) >= 11 is 0. The van der Waals surface area contributed by atoms with Gasteiger partial charge in [0.1, 0.15) is 5.75 Å². The molecule has 1 radical (unpaired) electrons. The minimum absolute atomic E-state index is 0.817. The van der Waals surface area contributed by atoms with E-state index in [4.69, 9.17) is 4.74 Å². The second-order valence-electron chi connectivity index (χ2n) is 3.12. The quantitative estimate of drug-likeness (QED) is 0.817. The Balaban J connectivity index is 2.24. The van der Waals surface area contributed by atoms with E-state index in [-0.39, 0.29) is 0 Å². The summed E-state index contributed by atoms with van der Waals surface area (Å²) in [5, 5.41) is 3.27. The van der Waals surface area contributed by atoms with Crippen molar-refractivity contribution in [2.24, 2.45) is 0 Å². The van der Waals surface area contributed by atoms with E-state index in [9.17, 15) is 0 Å². The highest BCUT2D eigenvalue weighted by Crippen LogP contribution is 2.26. The van der Waals surface area contributed by atoms with Gasteiger partial charge >= 0.3 is 0 Å². The van der Waals surface area contributed by atoms with Gasteiger partial charge in [-0.25, -0.2) is 0 Å². The number of hydrogen-bond donors (Lipinski definition) is 1. The lowest BCUT2D eigenvalue weighted by Crippen LogP contribution is -1.93. The fourth-order valence-electron chi connectivity index (χ4n) is 1.37. The molecule has 0 aliphatic heterocycles. The summed E-state index contributed by atoms with van der Waals surface area (Å²) in [6.45, 7) is 0. The molecule has 0 amide bonds. The van der Waals surface area contributed by atoms with Gasteiger partial charge in [0.2, 0.25) is 0 Å². The monoisotopic (exact) mass is 198 g/mol. The van der Waals surface area contributed by atoms with Gasteiger partial charge in [0.15, 0.2) is 0 Å². The number of rotatable bonds is 3. The van der Waals surface area contributed by atoms with Crippen molar-refractivity contribution in [3.63, 3.8) is 0 Å². The van der Waals surface area contributed by atoms with Gasteiger partial charge in [0.05, 0.1) is 12.8 Å². The molecule has 15 heavy (non-hydrogen) atoms. The molecule has 2 nitrogen and oxygen atoms in total. The van der Waals surface area contributed by atoms with E-state index < -0.39 is 0 Å². The molecule has 0 heterocycles. The fraction of sp³-hybridized carbons (Fsp3) is 0.0769. The molecule has 0 aliphatic rings. The van der Waals surface area contributed by atoms with E-state index in [0.717, 1.165) is 17.1 Å². The molecule has 2 aromatic carbocycles. The molecule has 2 rings (SSSR count). The van der Waals surface area contributed by atoms with Crippen molar-refractivity contribution in [3.05, 3.63) is 54.6 Å². The third-order valence-electron chi connectivity index (χ3n) is 2.10. The van der Waals surface area contributed by atoms with Crippen LogP contribution in [0.25, 0.3) is 0 Å². The minimum Gasteiger partial charge on any atom is -0.495 e. The first-order valence-corrected chi connectivity index (χ1v) is 4.76. The largest absolute Gasteiger partial charge is 0.495 e. The first-order chi connectivity index (χ1) is 7.40. The van der Waals surface area contributed by atoms with E-state index in [1.54, 1.807) is 7.11 Å². The van der Waals surface area contributed by atoms with Crippen molar-refractivity contribution < 1.29 is 4.74 Å². The smallest absolute Gasteiger partial charge is 0.142 e. The maximum Gasteiger partial charge on any atom is 0.142 e. The zero-order chi connectivity index (χ0) is 10.5. The van der Waals surface area contributed by atoms with Crippen molar-refractivity contribution in [2.45, 2.75) is 0 Å². The number of anilines is 2. The van der Waals surface area contributed by atoms with Crippen LogP contribution in [0.5, 0.6) is 5.75 Å². The Morgan fingerprint density at radius 1 is 1.13 bits per heavy atom. The Labute approximate surface area is 89.5 Å². The van der Waals surface area contributed by atoms with E-state index in [1.165, 1.54) is 0 Å². The van der Waals surface area contributed by atoms with Crippen LogP contribution in [0.1, 0.15) is 0 Å². The molecule has 0 aromatic heterocycles. The molecule has 2 aromatic rings. The van der Waals surface area contributed by atoms with Crippen LogP contribution in [-0.2, 0) is 0 Å². The maximum absolute atomic E-state index is 5.24. The number of para-hydroxylation sites is 1. The highest BCUT2D eigenvalue weighted by molar-refractivity contribution is 5.65. The summed E-state index contributed by atoms with van der Waals surface area (Å²) in [6, 6.07) is 18.6. The zero-order valence-electron chi connectivity index (χ0n) is 8.53. The van der Waals surface area contributed by atoms with E-state index in [2.05, 4.69) is 11.4 Å². The molecular formula is C13H12NO. The molecule has 0 unspecified atom stereocenters. The molecule has 0 aliphatic carbocycles. The Kier molecular flexibility index (Phi) is 2.88.